The Morgan fingerprint density at radius 2 is 2.04 bits per heavy atom. The number of carbonyl (C=O) groups is 1. The molecule has 25 heavy (non-hydrogen) atoms. The lowest BCUT2D eigenvalue weighted by molar-refractivity contribution is 0.0697. The molecular weight excluding hydrogens is 320 g/mol. The molecule has 0 aliphatic carbocycles. The van der Waals surface area contributed by atoms with Crippen LogP contribution in [0.3, 0.4) is 0 Å². The van der Waals surface area contributed by atoms with Crippen LogP contribution in [-0.2, 0) is 6.42 Å². The van der Waals surface area contributed by atoms with E-state index in [0.29, 0.717) is 17.3 Å². The van der Waals surface area contributed by atoms with E-state index in [9.17, 15) is 4.79 Å². The second-order valence-electron chi connectivity index (χ2n) is 5.79. The molecule has 3 heterocycles. The molecule has 0 bridgehead atoms. The molecule has 0 spiro atoms. The predicted molar refractivity (Wildman–Crippen MR) is 92.3 cm³/mol. The average Bonchev–Trinajstić information content (AvgIpc) is 3.00. The highest BCUT2D eigenvalue weighted by Crippen LogP contribution is 2.17. The fourth-order valence-corrected chi connectivity index (χ4v) is 2.44. The molecule has 3 rings (SSSR count). The van der Waals surface area contributed by atoms with Crippen LogP contribution in [0.15, 0.2) is 36.7 Å². The number of carboxylic acid groups (broad SMARTS) is 1. The molecule has 8 heteroatoms. The highest BCUT2D eigenvalue weighted by molar-refractivity contribution is 5.88. The zero-order valence-corrected chi connectivity index (χ0v) is 13.9. The van der Waals surface area contributed by atoms with E-state index < -0.39 is 5.97 Å². The molecule has 0 aliphatic rings. The number of H-pyrrole nitrogens is 1. The summed E-state index contributed by atoms with van der Waals surface area (Å²) in [5.41, 5.74) is 3.19. The summed E-state index contributed by atoms with van der Waals surface area (Å²) in [5.74, 6) is -0.543. The summed E-state index contributed by atoms with van der Waals surface area (Å²) in [6.07, 6.45) is 3.80. The van der Waals surface area contributed by atoms with Gasteiger partial charge in [0.25, 0.3) is 0 Å². The van der Waals surface area contributed by atoms with Gasteiger partial charge in [-0.2, -0.15) is 5.10 Å². The highest BCUT2D eigenvalue weighted by atomic mass is 16.4. The van der Waals surface area contributed by atoms with Crippen LogP contribution in [0.25, 0.3) is 11.4 Å². The van der Waals surface area contributed by atoms with Crippen molar-refractivity contribution in [3.05, 3.63) is 53.6 Å². The number of rotatable bonds is 6. The molecule has 0 fully saturated rings. The Kier molecular flexibility index (Phi) is 4.69. The number of aryl methyl sites for hydroxylation is 1. The number of pyridine rings is 1. The molecule has 8 nitrogen and oxygen atoms in total. The van der Waals surface area contributed by atoms with Crippen molar-refractivity contribution >= 4 is 11.9 Å². The summed E-state index contributed by atoms with van der Waals surface area (Å²) in [6, 6.07) is 6.71. The SMILES string of the molecule is Cc1cc(C[C@@H](C)Nc2nccc(-c3cc(C(=O)O)ccn3)n2)n[nH]1. The first kappa shape index (κ1) is 16.6. The Balaban J connectivity index is 1.75. The van der Waals surface area contributed by atoms with Gasteiger partial charge in [-0.05, 0) is 38.1 Å². The summed E-state index contributed by atoms with van der Waals surface area (Å²) in [5, 5.41) is 19.5. The van der Waals surface area contributed by atoms with Crippen molar-refractivity contribution in [1.29, 1.82) is 0 Å². The Labute approximate surface area is 144 Å². The fourth-order valence-electron chi connectivity index (χ4n) is 2.44. The molecule has 0 radical (unpaired) electrons. The molecule has 0 aliphatic heterocycles. The van der Waals surface area contributed by atoms with Crippen molar-refractivity contribution in [2.75, 3.05) is 5.32 Å². The van der Waals surface area contributed by atoms with Crippen LogP contribution in [0.4, 0.5) is 5.95 Å². The smallest absolute Gasteiger partial charge is 0.335 e. The van der Waals surface area contributed by atoms with Crippen LogP contribution in [0.2, 0.25) is 0 Å². The van der Waals surface area contributed by atoms with Crippen LogP contribution in [0.5, 0.6) is 0 Å². The second kappa shape index (κ2) is 7.08. The topological polar surface area (TPSA) is 117 Å². The van der Waals surface area contributed by atoms with Crippen LogP contribution in [0, 0.1) is 6.92 Å². The maximum Gasteiger partial charge on any atom is 0.335 e. The number of aromatic nitrogens is 5. The van der Waals surface area contributed by atoms with Crippen LogP contribution in [-0.4, -0.2) is 42.3 Å². The van der Waals surface area contributed by atoms with Crippen molar-refractivity contribution in [3.63, 3.8) is 0 Å². The Morgan fingerprint density at radius 3 is 2.76 bits per heavy atom. The Bertz CT molecular complexity index is 892. The number of aromatic carboxylic acids is 1. The van der Waals surface area contributed by atoms with Crippen molar-refractivity contribution in [2.45, 2.75) is 26.3 Å². The second-order valence-corrected chi connectivity index (χ2v) is 5.79. The van der Waals surface area contributed by atoms with Gasteiger partial charge >= 0.3 is 5.97 Å². The van der Waals surface area contributed by atoms with Crippen molar-refractivity contribution < 1.29 is 9.90 Å². The van der Waals surface area contributed by atoms with Gasteiger partial charge in [0.2, 0.25) is 5.95 Å². The first-order valence-electron chi connectivity index (χ1n) is 7.81. The maximum atomic E-state index is 11.1. The monoisotopic (exact) mass is 338 g/mol. The van der Waals surface area contributed by atoms with Gasteiger partial charge < -0.3 is 10.4 Å². The number of hydrogen-bond donors (Lipinski definition) is 3. The van der Waals surface area contributed by atoms with Crippen molar-refractivity contribution in [1.82, 2.24) is 25.1 Å². The van der Waals surface area contributed by atoms with Crippen LogP contribution < -0.4 is 5.32 Å². The summed E-state index contributed by atoms with van der Waals surface area (Å²) in [7, 11) is 0. The van der Waals surface area contributed by atoms with E-state index in [0.717, 1.165) is 17.8 Å². The molecule has 0 saturated heterocycles. The minimum Gasteiger partial charge on any atom is -0.478 e. The van der Waals surface area contributed by atoms with Crippen LogP contribution >= 0.6 is 0 Å². The summed E-state index contributed by atoms with van der Waals surface area (Å²) in [4.78, 5) is 23.9. The van der Waals surface area contributed by atoms with E-state index in [2.05, 4.69) is 30.5 Å². The van der Waals surface area contributed by atoms with E-state index in [1.54, 1.807) is 12.3 Å². The number of anilines is 1. The van der Waals surface area contributed by atoms with Crippen molar-refractivity contribution in [3.8, 4) is 11.4 Å². The number of nitrogens with one attached hydrogen (secondary N) is 2. The summed E-state index contributed by atoms with van der Waals surface area (Å²) >= 11 is 0. The molecule has 0 amide bonds. The van der Waals surface area contributed by atoms with Crippen molar-refractivity contribution in [2.24, 2.45) is 0 Å². The van der Waals surface area contributed by atoms with Gasteiger partial charge in [-0.3, -0.25) is 10.1 Å². The minimum absolute atomic E-state index is 0.0799. The van der Waals surface area contributed by atoms with E-state index >= 15 is 0 Å². The lowest BCUT2D eigenvalue weighted by atomic mass is 10.2. The summed E-state index contributed by atoms with van der Waals surface area (Å²) < 4.78 is 0. The lowest BCUT2D eigenvalue weighted by Crippen LogP contribution is -2.20. The number of nitrogens with zero attached hydrogens (tertiary/aromatic N) is 4. The highest BCUT2D eigenvalue weighted by Gasteiger charge is 2.11. The molecular formula is C17H18N6O2. The fraction of sp³-hybridized carbons (Fsp3) is 0.235. The number of hydrogen-bond acceptors (Lipinski definition) is 6. The molecule has 3 aromatic rings. The first-order chi connectivity index (χ1) is 12.0. The van der Waals surface area contributed by atoms with Gasteiger partial charge in [-0.25, -0.2) is 14.8 Å². The zero-order valence-electron chi connectivity index (χ0n) is 13.9. The van der Waals surface area contributed by atoms with E-state index in [1.807, 2.05) is 19.9 Å². The summed E-state index contributed by atoms with van der Waals surface area (Å²) in [6.45, 7) is 3.97. The van der Waals surface area contributed by atoms with Gasteiger partial charge in [-0.1, -0.05) is 0 Å². The van der Waals surface area contributed by atoms with E-state index in [-0.39, 0.29) is 11.6 Å². The molecule has 0 saturated carbocycles. The van der Waals surface area contributed by atoms with Gasteiger partial charge in [0, 0.05) is 30.6 Å². The van der Waals surface area contributed by atoms with E-state index in [1.165, 1.54) is 18.3 Å². The molecule has 3 aromatic heterocycles. The van der Waals surface area contributed by atoms with Crippen LogP contribution in [0.1, 0.15) is 28.7 Å². The minimum atomic E-state index is -1.00. The predicted octanol–water partition coefficient (Wildman–Crippen LogP) is 2.31. The number of carboxylic acids is 1. The largest absolute Gasteiger partial charge is 0.478 e. The molecule has 3 N–H and O–H groups in total. The number of aromatic amines is 1. The average molecular weight is 338 g/mol. The lowest BCUT2D eigenvalue weighted by Gasteiger charge is -2.13. The third kappa shape index (κ3) is 4.17. The maximum absolute atomic E-state index is 11.1. The van der Waals surface area contributed by atoms with Gasteiger partial charge in [0.05, 0.1) is 22.6 Å². The van der Waals surface area contributed by atoms with Gasteiger partial charge in [0.1, 0.15) is 0 Å². The molecule has 0 aromatic carbocycles. The van der Waals surface area contributed by atoms with E-state index in [4.69, 9.17) is 5.11 Å². The third-order valence-electron chi connectivity index (χ3n) is 3.57. The quantitative estimate of drug-likeness (QED) is 0.631. The zero-order chi connectivity index (χ0) is 17.8. The van der Waals surface area contributed by atoms with Gasteiger partial charge in [0.15, 0.2) is 0 Å². The standard InChI is InChI=1S/C17H18N6O2/c1-10(7-13-8-11(2)22-23-13)20-17-19-6-4-14(21-17)15-9-12(16(24)25)3-5-18-15/h3-6,8-10H,7H2,1-2H3,(H,22,23)(H,24,25)(H,19,20,21)/t10-/m1/s1. The Morgan fingerprint density at radius 1 is 1.24 bits per heavy atom. The third-order valence-corrected chi connectivity index (χ3v) is 3.57. The normalized spacial score (nSPS) is 11.9. The molecule has 128 valence electrons. The molecule has 1 atom stereocenters. The first-order valence-corrected chi connectivity index (χ1v) is 7.81. The molecule has 0 unspecified atom stereocenters. The Hall–Kier alpha value is -3.29. The van der Waals surface area contributed by atoms with Gasteiger partial charge in [-0.15, -0.1) is 0 Å².